The highest BCUT2D eigenvalue weighted by Gasteiger charge is 2.27. The average molecular weight is 356 g/mol. The molecule has 0 unspecified atom stereocenters. The largest absolute Gasteiger partial charge is 0.356 e. The SMILES string of the molecule is Cc1noc2ncnc(N3CCC(c4nnc(CN(C)C)n4C)CC3)c12. The van der Waals surface area contributed by atoms with Crippen LogP contribution in [0.25, 0.3) is 11.1 Å². The topological polar surface area (TPSA) is 89.0 Å². The van der Waals surface area contributed by atoms with Crippen molar-refractivity contribution >= 4 is 16.9 Å². The number of fused-ring (bicyclic) bond motifs is 1. The van der Waals surface area contributed by atoms with E-state index in [1.54, 1.807) is 6.33 Å². The summed E-state index contributed by atoms with van der Waals surface area (Å²) >= 11 is 0. The molecule has 9 heteroatoms. The minimum atomic E-state index is 0.417. The molecule has 0 aliphatic carbocycles. The van der Waals surface area contributed by atoms with Crippen LogP contribution >= 0.6 is 0 Å². The van der Waals surface area contributed by atoms with Crippen LogP contribution in [0.15, 0.2) is 10.9 Å². The first-order valence-electron chi connectivity index (χ1n) is 8.89. The molecule has 3 aromatic heterocycles. The van der Waals surface area contributed by atoms with Gasteiger partial charge in [-0.25, -0.2) is 4.98 Å². The van der Waals surface area contributed by atoms with E-state index in [2.05, 4.69) is 46.7 Å². The third kappa shape index (κ3) is 2.92. The molecule has 3 aromatic rings. The Morgan fingerprint density at radius 1 is 1.19 bits per heavy atom. The molecular formula is C17H24N8O. The number of aryl methyl sites for hydroxylation is 1. The van der Waals surface area contributed by atoms with E-state index in [4.69, 9.17) is 4.52 Å². The Labute approximate surface area is 152 Å². The Balaban J connectivity index is 1.51. The van der Waals surface area contributed by atoms with Gasteiger partial charge in [0.1, 0.15) is 29.2 Å². The molecular weight excluding hydrogens is 332 g/mol. The normalized spacial score (nSPS) is 16.1. The first kappa shape index (κ1) is 16.9. The fourth-order valence-corrected chi connectivity index (χ4v) is 3.64. The Hall–Kier alpha value is -2.55. The molecule has 0 N–H and O–H groups in total. The molecule has 138 valence electrons. The third-order valence-electron chi connectivity index (χ3n) is 5.04. The maximum absolute atomic E-state index is 5.27. The van der Waals surface area contributed by atoms with Gasteiger partial charge in [-0.1, -0.05) is 5.16 Å². The summed E-state index contributed by atoms with van der Waals surface area (Å²) in [7, 11) is 6.15. The molecule has 0 saturated carbocycles. The van der Waals surface area contributed by atoms with Gasteiger partial charge in [0, 0.05) is 26.1 Å². The van der Waals surface area contributed by atoms with Gasteiger partial charge in [-0.3, -0.25) is 0 Å². The van der Waals surface area contributed by atoms with E-state index in [1.165, 1.54) is 0 Å². The molecule has 26 heavy (non-hydrogen) atoms. The zero-order chi connectivity index (χ0) is 18.3. The lowest BCUT2D eigenvalue weighted by Gasteiger charge is -2.32. The van der Waals surface area contributed by atoms with Crippen LogP contribution in [0.3, 0.4) is 0 Å². The standard InChI is InChI=1S/C17H24N8O/c1-11-14-16(18-10-19-17(14)26-22-11)25-7-5-12(6-8-25)15-21-20-13(24(15)4)9-23(2)3/h10,12H,5-9H2,1-4H3. The fourth-order valence-electron chi connectivity index (χ4n) is 3.64. The first-order valence-corrected chi connectivity index (χ1v) is 8.89. The van der Waals surface area contributed by atoms with Crippen molar-refractivity contribution in [3.63, 3.8) is 0 Å². The van der Waals surface area contributed by atoms with Crippen molar-refractivity contribution in [1.29, 1.82) is 0 Å². The van der Waals surface area contributed by atoms with Gasteiger partial charge >= 0.3 is 0 Å². The second-order valence-corrected chi connectivity index (χ2v) is 7.18. The number of piperidine rings is 1. The molecule has 0 atom stereocenters. The van der Waals surface area contributed by atoms with Gasteiger partial charge in [0.15, 0.2) is 0 Å². The number of anilines is 1. The van der Waals surface area contributed by atoms with Crippen molar-refractivity contribution < 1.29 is 4.52 Å². The fraction of sp³-hybridized carbons (Fsp3) is 0.588. The lowest BCUT2D eigenvalue weighted by Crippen LogP contribution is -2.34. The number of nitrogens with zero attached hydrogens (tertiary/aromatic N) is 8. The van der Waals surface area contributed by atoms with E-state index in [0.29, 0.717) is 11.6 Å². The summed E-state index contributed by atoms with van der Waals surface area (Å²) in [4.78, 5) is 13.1. The maximum atomic E-state index is 5.27. The lowest BCUT2D eigenvalue weighted by molar-refractivity contribution is 0.382. The van der Waals surface area contributed by atoms with Crippen LogP contribution in [0, 0.1) is 6.92 Å². The van der Waals surface area contributed by atoms with Crippen molar-refractivity contribution in [1.82, 2.24) is 34.8 Å². The third-order valence-corrected chi connectivity index (χ3v) is 5.04. The van der Waals surface area contributed by atoms with Gasteiger partial charge < -0.3 is 18.9 Å². The van der Waals surface area contributed by atoms with Crippen LogP contribution < -0.4 is 4.90 Å². The average Bonchev–Trinajstić information content (AvgIpc) is 3.19. The van der Waals surface area contributed by atoms with Gasteiger partial charge in [0.2, 0.25) is 0 Å². The molecule has 4 heterocycles. The highest BCUT2D eigenvalue weighted by molar-refractivity contribution is 5.87. The summed E-state index contributed by atoms with van der Waals surface area (Å²) in [5.41, 5.74) is 1.38. The van der Waals surface area contributed by atoms with E-state index in [-0.39, 0.29) is 0 Å². The lowest BCUT2D eigenvalue weighted by atomic mass is 9.95. The summed E-state index contributed by atoms with van der Waals surface area (Å²) in [5, 5.41) is 13.8. The van der Waals surface area contributed by atoms with Gasteiger partial charge in [-0.2, -0.15) is 4.98 Å². The molecule has 0 spiro atoms. The van der Waals surface area contributed by atoms with Crippen molar-refractivity contribution in [3.8, 4) is 0 Å². The highest BCUT2D eigenvalue weighted by atomic mass is 16.5. The van der Waals surface area contributed by atoms with E-state index in [9.17, 15) is 0 Å². The highest BCUT2D eigenvalue weighted by Crippen LogP contribution is 2.32. The molecule has 0 radical (unpaired) electrons. The molecule has 0 bridgehead atoms. The van der Waals surface area contributed by atoms with Crippen LogP contribution in [0.1, 0.15) is 36.1 Å². The first-order chi connectivity index (χ1) is 12.5. The van der Waals surface area contributed by atoms with Crippen molar-refractivity contribution in [3.05, 3.63) is 23.7 Å². The van der Waals surface area contributed by atoms with Crippen molar-refractivity contribution in [2.24, 2.45) is 7.05 Å². The second-order valence-electron chi connectivity index (χ2n) is 7.18. The quantitative estimate of drug-likeness (QED) is 0.695. The smallest absolute Gasteiger partial charge is 0.263 e. The zero-order valence-corrected chi connectivity index (χ0v) is 15.7. The number of hydrogen-bond acceptors (Lipinski definition) is 8. The second kappa shape index (κ2) is 6.64. The number of aromatic nitrogens is 6. The monoisotopic (exact) mass is 356 g/mol. The van der Waals surface area contributed by atoms with E-state index in [0.717, 1.165) is 61.0 Å². The van der Waals surface area contributed by atoms with Crippen molar-refractivity contribution in [2.75, 3.05) is 32.1 Å². The Morgan fingerprint density at radius 2 is 1.96 bits per heavy atom. The van der Waals surface area contributed by atoms with Gasteiger partial charge in [0.05, 0.1) is 12.2 Å². The van der Waals surface area contributed by atoms with Crippen LogP contribution in [0.4, 0.5) is 5.82 Å². The summed E-state index contributed by atoms with van der Waals surface area (Å²) < 4.78 is 7.41. The van der Waals surface area contributed by atoms with Crippen LogP contribution in [0.2, 0.25) is 0 Å². The van der Waals surface area contributed by atoms with Crippen LogP contribution in [0.5, 0.6) is 0 Å². The summed E-state index contributed by atoms with van der Waals surface area (Å²) in [5.74, 6) is 3.42. The molecule has 1 aliphatic heterocycles. The van der Waals surface area contributed by atoms with Gasteiger partial charge in [-0.05, 0) is 33.9 Å². The molecule has 9 nitrogen and oxygen atoms in total. The molecule has 0 aromatic carbocycles. The summed E-state index contributed by atoms with van der Waals surface area (Å²) in [6, 6.07) is 0. The maximum Gasteiger partial charge on any atom is 0.263 e. The predicted octanol–water partition coefficient (Wildman–Crippen LogP) is 1.50. The molecule has 0 amide bonds. The van der Waals surface area contributed by atoms with E-state index in [1.807, 2.05) is 21.0 Å². The van der Waals surface area contributed by atoms with Gasteiger partial charge in [0.25, 0.3) is 5.71 Å². The molecule has 1 aliphatic rings. The number of rotatable bonds is 4. The Morgan fingerprint density at radius 3 is 2.69 bits per heavy atom. The predicted molar refractivity (Wildman–Crippen MR) is 96.9 cm³/mol. The molecule has 1 saturated heterocycles. The minimum absolute atomic E-state index is 0.417. The van der Waals surface area contributed by atoms with Crippen LogP contribution in [-0.4, -0.2) is 62.0 Å². The summed E-state index contributed by atoms with van der Waals surface area (Å²) in [6.07, 6.45) is 3.58. The van der Waals surface area contributed by atoms with Gasteiger partial charge in [-0.15, -0.1) is 10.2 Å². The summed E-state index contributed by atoms with van der Waals surface area (Å²) in [6.45, 7) is 4.56. The molecule has 1 fully saturated rings. The zero-order valence-electron chi connectivity index (χ0n) is 15.7. The van der Waals surface area contributed by atoms with Crippen molar-refractivity contribution in [2.45, 2.75) is 32.2 Å². The van der Waals surface area contributed by atoms with E-state index < -0.39 is 0 Å². The van der Waals surface area contributed by atoms with E-state index >= 15 is 0 Å². The molecule has 4 rings (SSSR count). The Kier molecular flexibility index (Phi) is 4.31. The minimum Gasteiger partial charge on any atom is -0.356 e. The Bertz CT molecular complexity index is 907. The number of hydrogen-bond donors (Lipinski definition) is 0. The van der Waals surface area contributed by atoms with Crippen LogP contribution in [-0.2, 0) is 13.6 Å².